The summed E-state index contributed by atoms with van der Waals surface area (Å²) in [6, 6.07) is 11.4. The van der Waals surface area contributed by atoms with Crippen LogP contribution in [0.4, 0.5) is 0 Å². The summed E-state index contributed by atoms with van der Waals surface area (Å²) in [5.74, 6) is 0. The van der Waals surface area contributed by atoms with E-state index in [1.165, 1.54) is 17.3 Å². The van der Waals surface area contributed by atoms with Gasteiger partial charge in [-0.25, -0.2) is 17.7 Å². The van der Waals surface area contributed by atoms with Crippen molar-refractivity contribution in [3.63, 3.8) is 0 Å². The van der Waals surface area contributed by atoms with Crippen LogP contribution in [-0.4, -0.2) is 18.0 Å². The van der Waals surface area contributed by atoms with E-state index in [2.05, 4.69) is 22.8 Å². The van der Waals surface area contributed by atoms with Gasteiger partial charge in [-0.2, -0.15) is 5.10 Å². The third-order valence-corrected chi connectivity index (χ3v) is 5.84. The summed E-state index contributed by atoms with van der Waals surface area (Å²) >= 11 is 0. The molecule has 1 unspecified atom stereocenters. The van der Waals surface area contributed by atoms with Crippen molar-refractivity contribution in [3.05, 3.63) is 65.5 Å². The van der Waals surface area contributed by atoms with Crippen molar-refractivity contribution in [2.24, 2.45) is 0 Å². The lowest BCUT2D eigenvalue weighted by Gasteiger charge is -2.14. The molecule has 1 aliphatic rings. The summed E-state index contributed by atoms with van der Waals surface area (Å²) < 4.78 is 30.0. The van der Waals surface area contributed by atoms with Gasteiger partial charge in [0.2, 0.25) is 10.0 Å². The zero-order valence-electron chi connectivity index (χ0n) is 12.7. The first-order chi connectivity index (χ1) is 11.0. The zero-order valence-corrected chi connectivity index (χ0v) is 13.5. The van der Waals surface area contributed by atoms with Gasteiger partial charge in [0.05, 0.1) is 11.7 Å². The number of aryl methyl sites for hydroxylation is 2. The Balaban J connectivity index is 1.69. The van der Waals surface area contributed by atoms with Crippen molar-refractivity contribution in [1.29, 1.82) is 0 Å². The number of sulfonamides is 1. The second kappa shape index (κ2) is 5.18. The smallest absolute Gasteiger partial charge is 0.240 e. The molecule has 2 aromatic heterocycles. The normalized spacial score (nSPS) is 17.5. The molecule has 0 radical (unpaired) electrons. The average molecular weight is 327 g/mol. The fourth-order valence-corrected chi connectivity index (χ4v) is 4.61. The van der Waals surface area contributed by atoms with Gasteiger partial charge < -0.3 is 0 Å². The molecule has 0 amide bonds. The second-order valence-electron chi connectivity index (χ2n) is 5.95. The molecule has 118 valence electrons. The Morgan fingerprint density at radius 1 is 1.26 bits per heavy atom. The Hall–Kier alpha value is -2.18. The molecule has 0 saturated carbocycles. The molecular formula is C17H17N3O2S. The van der Waals surface area contributed by atoms with Crippen molar-refractivity contribution in [3.8, 4) is 0 Å². The van der Waals surface area contributed by atoms with Gasteiger partial charge in [-0.3, -0.25) is 0 Å². The van der Waals surface area contributed by atoms with Crippen molar-refractivity contribution >= 4 is 15.5 Å². The van der Waals surface area contributed by atoms with Gasteiger partial charge in [-0.05, 0) is 43.0 Å². The molecule has 6 heteroatoms. The fraction of sp³-hybridized carbons (Fsp3) is 0.235. The summed E-state index contributed by atoms with van der Waals surface area (Å²) in [5.41, 5.74) is 4.10. The summed E-state index contributed by atoms with van der Waals surface area (Å²) in [6.45, 7) is 2.05. The van der Waals surface area contributed by atoms with Crippen molar-refractivity contribution in [1.82, 2.24) is 14.3 Å². The maximum atomic E-state index is 12.8. The van der Waals surface area contributed by atoms with E-state index in [1.807, 2.05) is 24.3 Å². The number of pyridine rings is 1. The standard InChI is InChI=1S/C17H17N3O2S/c1-12-5-7-14-13(10-12)6-8-15(14)19-23(21,22)17-11-18-20-9-3-2-4-16(17)20/h2-5,7,9-11,15,19H,6,8H2,1H3. The van der Waals surface area contributed by atoms with Crippen LogP contribution in [0, 0.1) is 6.92 Å². The molecule has 2 heterocycles. The summed E-state index contributed by atoms with van der Waals surface area (Å²) in [5, 5.41) is 4.11. The molecule has 3 aromatic rings. The van der Waals surface area contributed by atoms with Crippen LogP contribution in [0.3, 0.4) is 0 Å². The van der Waals surface area contributed by atoms with Gasteiger partial charge in [0.15, 0.2) is 0 Å². The van der Waals surface area contributed by atoms with Crippen molar-refractivity contribution < 1.29 is 8.42 Å². The SMILES string of the molecule is Cc1ccc2c(c1)CCC2NS(=O)(=O)c1cnn2ccccc12. The van der Waals surface area contributed by atoms with E-state index in [0.29, 0.717) is 5.52 Å². The Morgan fingerprint density at radius 2 is 2.13 bits per heavy atom. The first-order valence-corrected chi connectivity index (χ1v) is 9.07. The van der Waals surface area contributed by atoms with Crippen molar-refractivity contribution in [2.45, 2.75) is 30.7 Å². The first-order valence-electron chi connectivity index (χ1n) is 7.59. The molecule has 5 nitrogen and oxygen atoms in total. The number of aromatic nitrogens is 2. The molecule has 0 bridgehead atoms. The molecule has 1 aliphatic carbocycles. The zero-order chi connectivity index (χ0) is 16.0. The molecule has 1 atom stereocenters. The first kappa shape index (κ1) is 14.4. The number of benzene rings is 1. The molecule has 0 fully saturated rings. The number of hydrogen-bond acceptors (Lipinski definition) is 3. The number of rotatable bonds is 3. The van der Waals surface area contributed by atoms with E-state index in [4.69, 9.17) is 0 Å². The van der Waals surface area contributed by atoms with Crippen LogP contribution in [0.25, 0.3) is 5.52 Å². The van der Waals surface area contributed by atoms with Gasteiger partial charge in [-0.1, -0.05) is 29.8 Å². The van der Waals surface area contributed by atoms with E-state index >= 15 is 0 Å². The van der Waals surface area contributed by atoms with Gasteiger partial charge >= 0.3 is 0 Å². The van der Waals surface area contributed by atoms with E-state index in [1.54, 1.807) is 16.8 Å². The third kappa shape index (κ3) is 2.44. The van der Waals surface area contributed by atoms with Crippen molar-refractivity contribution in [2.75, 3.05) is 0 Å². The molecule has 0 saturated heterocycles. The van der Waals surface area contributed by atoms with E-state index in [-0.39, 0.29) is 10.9 Å². The van der Waals surface area contributed by atoms with Crippen LogP contribution in [0.15, 0.2) is 53.7 Å². The minimum Gasteiger partial charge on any atom is -0.240 e. The van der Waals surface area contributed by atoms with Crippen LogP contribution in [-0.2, 0) is 16.4 Å². The number of fused-ring (bicyclic) bond motifs is 2. The van der Waals surface area contributed by atoms with Crippen LogP contribution in [0.2, 0.25) is 0 Å². The van der Waals surface area contributed by atoms with E-state index < -0.39 is 10.0 Å². The van der Waals surface area contributed by atoms with Gasteiger partial charge in [0, 0.05) is 12.2 Å². The Kier molecular flexibility index (Phi) is 3.25. The largest absolute Gasteiger partial charge is 0.244 e. The number of nitrogens with zero attached hydrogens (tertiary/aromatic N) is 2. The molecule has 4 rings (SSSR count). The van der Waals surface area contributed by atoms with Gasteiger partial charge in [0.1, 0.15) is 4.90 Å². The van der Waals surface area contributed by atoms with E-state index in [9.17, 15) is 8.42 Å². The average Bonchev–Trinajstić information content (AvgIpc) is 3.11. The molecular weight excluding hydrogens is 310 g/mol. The minimum atomic E-state index is -3.61. The molecule has 1 aromatic carbocycles. The monoisotopic (exact) mass is 327 g/mol. The van der Waals surface area contributed by atoms with Crippen LogP contribution in [0.1, 0.15) is 29.2 Å². The lowest BCUT2D eigenvalue weighted by atomic mass is 10.1. The predicted molar refractivity (Wildman–Crippen MR) is 87.8 cm³/mol. The lowest BCUT2D eigenvalue weighted by molar-refractivity contribution is 0.555. The van der Waals surface area contributed by atoms with Gasteiger partial charge in [0.25, 0.3) is 0 Å². The number of nitrogens with one attached hydrogen (secondary N) is 1. The maximum absolute atomic E-state index is 12.8. The molecule has 23 heavy (non-hydrogen) atoms. The number of hydrogen-bond donors (Lipinski definition) is 1. The summed E-state index contributed by atoms with van der Waals surface area (Å²) in [6.07, 6.45) is 4.83. The van der Waals surface area contributed by atoms with Crippen LogP contribution in [0.5, 0.6) is 0 Å². The molecule has 1 N–H and O–H groups in total. The van der Waals surface area contributed by atoms with Gasteiger partial charge in [-0.15, -0.1) is 0 Å². The molecule has 0 aliphatic heterocycles. The highest BCUT2D eigenvalue weighted by Crippen LogP contribution is 2.33. The fourth-order valence-electron chi connectivity index (χ4n) is 3.24. The topological polar surface area (TPSA) is 63.5 Å². The molecule has 0 spiro atoms. The Bertz CT molecular complexity index is 992. The maximum Gasteiger partial charge on any atom is 0.244 e. The highest BCUT2D eigenvalue weighted by Gasteiger charge is 2.29. The highest BCUT2D eigenvalue weighted by molar-refractivity contribution is 7.89. The summed E-state index contributed by atoms with van der Waals surface area (Å²) in [4.78, 5) is 0.221. The lowest BCUT2D eigenvalue weighted by Crippen LogP contribution is -2.27. The van der Waals surface area contributed by atoms with Crippen LogP contribution < -0.4 is 4.72 Å². The Morgan fingerprint density at radius 3 is 3.00 bits per heavy atom. The highest BCUT2D eigenvalue weighted by atomic mass is 32.2. The van der Waals surface area contributed by atoms with Crippen LogP contribution >= 0.6 is 0 Å². The third-order valence-electron chi connectivity index (χ3n) is 4.35. The predicted octanol–water partition coefficient (Wildman–Crippen LogP) is 2.61. The quantitative estimate of drug-likeness (QED) is 0.804. The Labute approximate surface area is 135 Å². The summed E-state index contributed by atoms with van der Waals surface area (Å²) in [7, 11) is -3.61. The minimum absolute atomic E-state index is 0.172. The second-order valence-corrected chi connectivity index (χ2v) is 7.64. The van der Waals surface area contributed by atoms with E-state index in [0.717, 1.165) is 18.4 Å².